The number of hydrogen-bond donors (Lipinski definition) is 1. The van der Waals surface area contributed by atoms with Gasteiger partial charge in [-0.15, -0.1) is 0 Å². The number of benzene rings is 3. The van der Waals surface area contributed by atoms with E-state index in [0.29, 0.717) is 39.7 Å². The van der Waals surface area contributed by atoms with Crippen LogP contribution in [0, 0.1) is 0 Å². The molecule has 1 heterocycles. The smallest absolute Gasteiger partial charge is 0.266 e. The van der Waals surface area contributed by atoms with Crippen molar-refractivity contribution < 1.29 is 19.4 Å². The van der Waals surface area contributed by atoms with E-state index < -0.39 is 11.8 Å². The number of carbonyl (C=O) groups is 2. The monoisotopic (exact) mass is 454 g/mol. The van der Waals surface area contributed by atoms with Crippen LogP contribution >= 0.6 is 23.2 Å². The lowest BCUT2D eigenvalue weighted by Gasteiger charge is -2.14. The van der Waals surface area contributed by atoms with E-state index in [9.17, 15) is 14.7 Å². The van der Waals surface area contributed by atoms with E-state index >= 15 is 0 Å². The molecule has 3 aromatic rings. The highest BCUT2D eigenvalue weighted by molar-refractivity contribution is 6.36. The molecule has 156 valence electrons. The van der Waals surface area contributed by atoms with E-state index in [2.05, 4.69) is 4.99 Å². The fourth-order valence-electron chi connectivity index (χ4n) is 3.26. The summed E-state index contributed by atoms with van der Waals surface area (Å²) < 4.78 is 5.36. The van der Waals surface area contributed by atoms with E-state index in [4.69, 9.17) is 27.9 Å². The lowest BCUT2D eigenvalue weighted by Crippen LogP contribution is -2.29. The van der Waals surface area contributed by atoms with Gasteiger partial charge in [0, 0.05) is 22.9 Å². The number of imide groups is 1. The van der Waals surface area contributed by atoms with Crippen LogP contribution < -0.4 is 9.64 Å². The second kappa shape index (κ2) is 8.41. The Labute approximate surface area is 188 Å². The summed E-state index contributed by atoms with van der Waals surface area (Å²) in [7, 11) is 0. The van der Waals surface area contributed by atoms with Crippen LogP contribution in [0.4, 0.5) is 11.4 Å². The molecule has 1 N–H and O–H groups in total. The van der Waals surface area contributed by atoms with Crippen molar-refractivity contribution in [2.24, 2.45) is 4.99 Å². The third kappa shape index (κ3) is 3.87. The highest BCUT2D eigenvalue weighted by atomic mass is 35.5. The van der Waals surface area contributed by atoms with Crippen LogP contribution in [0.1, 0.15) is 33.2 Å². The van der Waals surface area contributed by atoms with Crippen molar-refractivity contribution in [1.82, 2.24) is 0 Å². The summed E-state index contributed by atoms with van der Waals surface area (Å²) in [5, 5.41) is 11.0. The maximum absolute atomic E-state index is 12.6. The first-order valence-electron chi connectivity index (χ1n) is 9.37. The standard InChI is InChI=1S/C23H16Cl2N2O4/c1-2-31-20-10-14(24)9-13(21(20)28)12-26-19-8-7-15(11-18(19)25)27-22(29)16-5-3-4-6-17(16)23(27)30/h3-12,28H,2H2,1H3. The van der Waals surface area contributed by atoms with E-state index in [-0.39, 0.29) is 16.5 Å². The summed E-state index contributed by atoms with van der Waals surface area (Å²) in [5.41, 5.74) is 1.80. The first-order valence-corrected chi connectivity index (χ1v) is 10.1. The molecule has 0 spiro atoms. The number of halogens is 2. The lowest BCUT2D eigenvalue weighted by atomic mass is 10.1. The molecule has 0 aromatic heterocycles. The predicted octanol–water partition coefficient (Wildman–Crippen LogP) is 5.65. The normalized spacial score (nSPS) is 13.2. The number of anilines is 1. The highest BCUT2D eigenvalue weighted by Crippen LogP contribution is 2.36. The Hall–Kier alpha value is -3.35. The second-order valence-electron chi connectivity index (χ2n) is 6.66. The van der Waals surface area contributed by atoms with Crippen molar-refractivity contribution in [1.29, 1.82) is 0 Å². The molecule has 2 amide bonds. The van der Waals surface area contributed by atoms with Gasteiger partial charge < -0.3 is 9.84 Å². The average Bonchev–Trinajstić information content (AvgIpc) is 3.01. The molecule has 4 rings (SSSR count). The molecule has 0 atom stereocenters. The first kappa shape index (κ1) is 20.9. The molecule has 8 heteroatoms. The van der Waals surface area contributed by atoms with Gasteiger partial charge in [0.15, 0.2) is 11.5 Å². The van der Waals surface area contributed by atoms with Crippen molar-refractivity contribution in [3.63, 3.8) is 0 Å². The van der Waals surface area contributed by atoms with Crippen LogP contribution in [0.15, 0.2) is 59.6 Å². The summed E-state index contributed by atoms with van der Waals surface area (Å²) in [5.74, 6) is -0.641. The fourth-order valence-corrected chi connectivity index (χ4v) is 3.70. The molecule has 1 aliphatic heterocycles. The molecule has 1 aliphatic rings. The fraction of sp³-hybridized carbons (Fsp3) is 0.0870. The molecule has 0 aliphatic carbocycles. The van der Waals surface area contributed by atoms with Gasteiger partial charge in [-0.3, -0.25) is 14.6 Å². The van der Waals surface area contributed by atoms with Crippen LogP contribution in [-0.4, -0.2) is 29.7 Å². The Morgan fingerprint density at radius 2 is 1.71 bits per heavy atom. The molecule has 0 fully saturated rings. The van der Waals surface area contributed by atoms with Gasteiger partial charge in [0.25, 0.3) is 11.8 Å². The molecule has 0 unspecified atom stereocenters. The number of amides is 2. The number of nitrogens with zero attached hydrogens (tertiary/aromatic N) is 2. The summed E-state index contributed by atoms with van der Waals surface area (Å²) in [6, 6.07) is 14.4. The minimum Gasteiger partial charge on any atom is -0.504 e. The van der Waals surface area contributed by atoms with Crippen molar-refractivity contribution >= 4 is 52.6 Å². The topological polar surface area (TPSA) is 79.2 Å². The second-order valence-corrected chi connectivity index (χ2v) is 7.50. The Morgan fingerprint density at radius 1 is 1.03 bits per heavy atom. The van der Waals surface area contributed by atoms with E-state index in [1.54, 1.807) is 49.4 Å². The van der Waals surface area contributed by atoms with Gasteiger partial charge in [-0.2, -0.15) is 0 Å². The summed E-state index contributed by atoms with van der Waals surface area (Å²) in [6.07, 6.45) is 1.41. The van der Waals surface area contributed by atoms with Crippen LogP contribution in [0.2, 0.25) is 10.0 Å². The van der Waals surface area contributed by atoms with Crippen molar-refractivity contribution in [3.05, 3.63) is 81.3 Å². The maximum Gasteiger partial charge on any atom is 0.266 e. The predicted molar refractivity (Wildman–Crippen MR) is 121 cm³/mol. The van der Waals surface area contributed by atoms with E-state index in [1.165, 1.54) is 18.3 Å². The van der Waals surface area contributed by atoms with Gasteiger partial charge in [0.2, 0.25) is 0 Å². The van der Waals surface area contributed by atoms with Crippen LogP contribution in [0.3, 0.4) is 0 Å². The third-order valence-electron chi connectivity index (χ3n) is 4.70. The summed E-state index contributed by atoms with van der Waals surface area (Å²) in [6.45, 7) is 2.17. The third-order valence-corrected chi connectivity index (χ3v) is 5.22. The molecule has 31 heavy (non-hydrogen) atoms. The number of aromatic hydroxyl groups is 1. The minimum absolute atomic E-state index is 0.0891. The van der Waals surface area contributed by atoms with Crippen molar-refractivity contribution in [2.45, 2.75) is 6.92 Å². The van der Waals surface area contributed by atoms with Gasteiger partial charge >= 0.3 is 0 Å². The van der Waals surface area contributed by atoms with E-state index in [1.807, 2.05) is 0 Å². The maximum atomic E-state index is 12.6. The molecule has 0 saturated carbocycles. The molecular formula is C23H16Cl2N2O4. The zero-order chi connectivity index (χ0) is 22.1. The van der Waals surface area contributed by atoms with Gasteiger partial charge in [-0.25, -0.2) is 4.90 Å². The first-order chi connectivity index (χ1) is 14.9. The molecule has 3 aromatic carbocycles. The van der Waals surface area contributed by atoms with Gasteiger partial charge in [-0.05, 0) is 43.3 Å². The number of rotatable bonds is 5. The molecule has 0 saturated heterocycles. The van der Waals surface area contributed by atoms with Gasteiger partial charge in [0.05, 0.1) is 34.1 Å². The number of fused-ring (bicyclic) bond motifs is 1. The Balaban J connectivity index is 1.63. The van der Waals surface area contributed by atoms with E-state index in [0.717, 1.165) is 4.90 Å². The van der Waals surface area contributed by atoms with Crippen molar-refractivity contribution in [2.75, 3.05) is 11.5 Å². The van der Waals surface area contributed by atoms with Crippen LogP contribution in [0.25, 0.3) is 0 Å². The lowest BCUT2D eigenvalue weighted by molar-refractivity contribution is 0.0926. The number of hydrogen-bond acceptors (Lipinski definition) is 5. The number of ether oxygens (including phenoxy) is 1. The Morgan fingerprint density at radius 3 is 2.32 bits per heavy atom. The molecular weight excluding hydrogens is 439 g/mol. The number of carbonyl (C=O) groups excluding carboxylic acids is 2. The quantitative estimate of drug-likeness (QED) is 0.399. The number of phenolic OH excluding ortho intramolecular Hbond substituents is 1. The number of aliphatic imine (C=N–C) groups is 1. The SMILES string of the molecule is CCOc1cc(Cl)cc(C=Nc2ccc(N3C(=O)c4ccccc4C3=O)cc2Cl)c1O. The largest absolute Gasteiger partial charge is 0.504 e. The summed E-state index contributed by atoms with van der Waals surface area (Å²) >= 11 is 12.4. The molecule has 6 nitrogen and oxygen atoms in total. The minimum atomic E-state index is -0.403. The van der Waals surface area contributed by atoms with Crippen LogP contribution in [0.5, 0.6) is 11.5 Å². The molecule has 0 bridgehead atoms. The van der Waals surface area contributed by atoms with Crippen molar-refractivity contribution in [3.8, 4) is 11.5 Å². The summed E-state index contributed by atoms with van der Waals surface area (Å²) in [4.78, 5) is 30.7. The molecule has 0 radical (unpaired) electrons. The zero-order valence-corrected chi connectivity index (χ0v) is 17.8. The number of phenols is 1. The van der Waals surface area contributed by atoms with Crippen LogP contribution in [-0.2, 0) is 0 Å². The van der Waals surface area contributed by atoms with Gasteiger partial charge in [-0.1, -0.05) is 35.3 Å². The van der Waals surface area contributed by atoms with Gasteiger partial charge in [0.1, 0.15) is 0 Å². The Kier molecular flexibility index (Phi) is 5.67. The highest BCUT2D eigenvalue weighted by Gasteiger charge is 2.36. The average molecular weight is 455 g/mol. The Bertz CT molecular complexity index is 1210. The zero-order valence-electron chi connectivity index (χ0n) is 16.3.